The minimum Gasteiger partial charge on any atom is -0.496 e. The number of ether oxygens (including phenoxy) is 2. The van der Waals surface area contributed by atoms with Crippen molar-refractivity contribution >= 4 is 5.97 Å². The maximum Gasteiger partial charge on any atom is 0.303 e. The molecular weight excluding hydrogens is 280 g/mol. The molecule has 0 radical (unpaired) electrons. The second-order valence-corrected chi connectivity index (χ2v) is 5.86. The van der Waals surface area contributed by atoms with E-state index in [1.165, 1.54) is 22.3 Å². The Labute approximate surface area is 131 Å². The van der Waals surface area contributed by atoms with E-state index >= 15 is 0 Å². The predicted octanol–water partition coefficient (Wildman–Crippen LogP) is 3.70. The highest BCUT2D eigenvalue weighted by molar-refractivity contribution is 5.67. The van der Waals surface area contributed by atoms with Gasteiger partial charge in [0, 0.05) is 12.0 Å². The minimum atomic E-state index is -0.757. The lowest BCUT2D eigenvalue weighted by Gasteiger charge is -2.18. The summed E-state index contributed by atoms with van der Waals surface area (Å²) in [6, 6.07) is 0. The number of carboxylic acid groups (broad SMARTS) is 1. The van der Waals surface area contributed by atoms with Gasteiger partial charge in [0.15, 0.2) is 0 Å². The van der Waals surface area contributed by atoms with Gasteiger partial charge >= 0.3 is 5.97 Å². The summed E-state index contributed by atoms with van der Waals surface area (Å²) in [5.41, 5.74) is 7.20. The Bertz CT molecular complexity index is 614. The zero-order valence-electron chi connectivity index (χ0n) is 13.8. The van der Waals surface area contributed by atoms with E-state index in [-0.39, 0.29) is 6.42 Å². The van der Waals surface area contributed by atoms with Gasteiger partial charge in [0.1, 0.15) is 5.75 Å². The van der Waals surface area contributed by atoms with Crippen molar-refractivity contribution < 1.29 is 19.4 Å². The molecule has 0 atom stereocenters. The van der Waals surface area contributed by atoms with Crippen molar-refractivity contribution in [1.29, 1.82) is 0 Å². The summed E-state index contributed by atoms with van der Waals surface area (Å²) in [6.45, 7) is 7.50. The van der Waals surface area contributed by atoms with Crippen LogP contribution in [0, 0.1) is 13.8 Å². The molecule has 4 heteroatoms. The van der Waals surface area contributed by atoms with Crippen LogP contribution in [0.25, 0.3) is 0 Å². The Morgan fingerprint density at radius 2 is 1.86 bits per heavy atom. The lowest BCUT2D eigenvalue weighted by atomic mass is 9.91. The molecule has 0 aromatic heterocycles. The van der Waals surface area contributed by atoms with Crippen LogP contribution < -0.4 is 4.74 Å². The number of hydrogen-bond acceptors (Lipinski definition) is 3. The van der Waals surface area contributed by atoms with E-state index in [4.69, 9.17) is 14.6 Å². The first-order valence-corrected chi connectivity index (χ1v) is 7.58. The summed E-state index contributed by atoms with van der Waals surface area (Å²) in [6.07, 6.45) is 3.63. The fraction of sp³-hybridized carbons (Fsp3) is 0.500. The summed E-state index contributed by atoms with van der Waals surface area (Å²) in [5, 5.41) is 8.75. The average Bonchev–Trinajstić information content (AvgIpc) is 2.97. The van der Waals surface area contributed by atoms with Gasteiger partial charge in [-0.15, -0.1) is 0 Å². The lowest BCUT2D eigenvalue weighted by molar-refractivity contribution is -0.136. The van der Waals surface area contributed by atoms with Crippen molar-refractivity contribution in [3.63, 3.8) is 0 Å². The average molecular weight is 304 g/mol. The van der Waals surface area contributed by atoms with E-state index in [9.17, 15) is 4.79 Å². The Balaban J connectivity index is 2.29. The Kier molecular flexibility index (Phi) is 5.24. The fourth-order valence-corrected chi connectivity index (χ4v) is 3.02. The zero-order chi connectivity index (χ0) is 16.3. The van der Waals surface area contributed by atoms with Crippen LogP contribution in [0.3, 0.4) is 0 Å². The maximum atomic E-state index is 10.6. The molecule has 1 aromatic rings. The van der Waals surface area contributed by atoms with Gasteiger partial charge in [-0.2, -0.15) is 0 Å². The molecule has 0 saturated carbocycles. The van der Waals surface area contributed by atoms with Gasteiger partial charge in [-0.1, -0.05) is 11.6 Å². The number of carbonyl (C=O) groups is 1. The van der Waals surface area contributed by atoms with E-state index in [2.05, 4.69) is 19.9 Å². The quantitative estimate of drug-likeness (QED) is 0.814. The number of hydrogen-bond donors (Lipinski definition) is 1. The third-order valence-corrected chi connectivity index (χ3v) is 4.42. The van der Waals surface area contributed by atoms with Crippen molar-refractivity contribution in [3.8, 4) is 5.75 Å². The highest BCUT2D eigenvalue weighted by Gasteiger charge is 2.23. The highest BCUT2D eigenvalue weighted by Crippen LogP contribution is 2.37. The maximum absolute atomic E-state index is 10.6. The van der Waals surface area contributed by atoms with Gasteiger partial charge in [0.05, 0.1) is 20.3 Å². The van der Waals surface area contributed by atoms with Gasteiger partial charge in [0.25, 0.3) is 0 Å². The van der Waals surface area contributed by atoms with Crippen LogP contribution in [0.5, 0.6) is 5.75 Å². The molecule has 120 valence electrons. The molecule has 0 aliphatic carbocycles. The molecule has 1 N–H and O–H groups in total. The number of aliphatic carboxylic acids is 1. The molecule has 1 heterocycles. The van der Waals surface area contributed by atoms with Crippen molar-refractivity contribution in [3.05, 3.63) is 39.5 Å². The molecule has 0 fully saturated rings. The Hall–Kier alpha value is -1.81. The molecule has 0 saturated heterocycles. The Morgan fingerprint density at radius 3 is 2.45 bits per heavy atom. The van der Waals surface area contributed by atoms with Crippen LogP contribution in [-0.2, 0) is 29.2 Å². The molecule has 0 bridgehead atoms. The first-order valence-electron chi connectivity index (χ1n) is 7.58. The van der Waals surface area contributed by atoms with Crippen LogP contribution in [0.1, 0.15) is 47.6 Å². The SMILES string of the molecule is COc1c(C)c2c(c(C)c1C/C=C(\C)CCC(=O)O)COC2. The first-order chi connectivity index (χ1) is 10.5. The Morgan fingerprint density at radius 1 is 1.23 bits per heavy atom. The molecule has 2 rings (SSSR count). The van der Waals surface area contributed by atoms with Gasteiger partial charge < -0.3 is 14.6 Å². The number of carboxylic acids is 1. The third kappa shape index (κ3) is 3.33. The summed E-state index contributed by atoms with van der Waals surface area (Å²) in [4.78, 5) is 10.6. The van der Waals surface area contributed by atoms with Crippen LogP contribution in [0.2, 0.25) is 0 Å². The molecule has 0 spiro atoms. The standard InChI is InChI=1S/C18H24O4/c1-11(6-8-17(19)20)5-7-14-12(2)15-9-22-10-16(15)13(3)18(14)21-4/h5H,6-10H2,1-4H3,(H,19,20)/b11-5+. The third-order valence-electron chi connectivity index (χ3n) is 4.42. The second-order valence-electron chi connectivity index (χ2n) is 5.86. The van der Waals surface area contributed by atoms with Gasteiger partial charge in [-0.25, -0.2) is 0 Å². The van der Waals surface area contributed by atoms with Gasteiger partial charge in [0.2, 0.25) is 0 Å². The monoisotopic (exact) mass is 304 g/mol. The topological polar surface area (TPSA) is 55.8 Å². The van der Waals surface area contributed by atoms with E-state index in [0.29, 0.717) is 19.6 Å². The van der Waals surface area contributed by atoms with Gasteiger partial charge in [-0.3, -0.25) is 4.79 Å². The summed E-state index contributed by atoms with van der Waals surface area (Å²) in [5.74, 6) is 0.177. The van der Waals surface area contributed by atoms with Crippen LogP contribution >= 0.6 is 0 Å². The van der Waals surface area contributed by atoms with E-state index in [1.807, 2.05) is 6.92 Å². The number of allylic oxidation sites excluding steroid dienone is 2. The minimum absolute atomic E-state index is 0.176. The predicted molar refractivity (Wildman–Crippen MR) is 85.3 cm³/mol. The number of fused-ring (bicyclic) bond motifs is 1. The zero-order valence-corrected chi connectivity index (χ0v) is 13.8. The van der Waals surface area contributed by atoms with Crippen molar-refractivity contribution in [2.24, 2.45) is 0 Å². The summed E-state index contributed by atoms with van der Waals surface area (Å²) in [7, 11) is 1.70. The molecule has 4 nitrogen and oxygen atoms in total. The number of benzene rings is 1. The van der Waals surface area contributed by atoms with E-state index in [0.717, 1.165) is 23.3 Å². The van der Waals surface area contributed by atoms with Gasteiger partial charge in [-0.05, 0) is 55.9 Å². The fourth-order valence-electron chi connectivity index (χ4n) is 3.02. The molecule has 1 aromatic carbocycles. The molecule has 1 aliphatic heterocycles. The smallest absolute Gasteiger partial charge is 0.303 e. The highest BCUT2D eigenvalue weighted by atomic mass is 16.5. The van der Waals surface area contributed by atoms with Crippen molar-refractivity contribution in [2.75, 3.05) is 7.11 Å². The lowest BCUT2D eigenvalue weighted by Crippen LogP contribution is -2.03. The van der Waals surface area contributed by atoms with Crippen molar-refractivity contribution in [1.82, 2.24) is 0 Å². The van der Waals surface area contributed by atoms with Crippen LogP contribution in [-0.4, -0.2) is 18.2 Å². The largest absolute Gasteiger partial charge is 0.496 e. The number of rotatable bonds is 6. The van der Waals surface area contributed by atoms with Crippen molar-refractivity contribution in [2.45, 2.75) is 53.2 Å². The molecule has 0 amide bonds. The summed E-state index contributed by atoms with van der Waals surface area (Å²) >= 11 is 0. The van der Waals surface area contributed by atoms with Crippen LogP contribution in [0.4, 0.5) is 0 Å². The second kappa shape index (κ2) is 6.97. The molecule has 1 aliphatic rings. The van der Waals surface area contributed by atoms with E-state index in [1.54, 1.807) is 7.11 Å². The number of methoxy groups -OCH3 is 1. The first kappa shape index (κ1) is 16.6. The molecule has 0 unspecified atom stereocenters. The summed E-state index contributed by atoms with van der Waals surface area (Å²) < 4.78 is 11.2. The van der Waals surface area contributed by atoms with Crippen LogP contribution in [0.15, 0.2) is 11.6 Å². The molecule has 22 heavy (non-hydrogen) atoms. The molecular formula is C18H24O4. The van der Waals surface area contributed by atoms with E-state index < -0.39 is 5.97 Å². The normalized spacial score (nSPS) is 14.1.